The Balaban J connectivity index is 1.67. The van der Waals surface area contributed by atoms with Crippen molar-refractivity contribution in [3.05, 3.63) is 82.5 Å². The normalized spacial score (nSPS) is 11.5. The molecule has 0 saturated heterocycles. The molecule has 4 aromatic rings. The lowest BCUT2D eigenvalue weighted by Gasteiger charge is -2.11. The summed E-state index contributed by atoms with van der Waals surface area (Å²) in [5.41, 5.74) is 4.70. The monoisotopic (exact) mass is 495 g/mol. The molecule has 0 atom stereocenters. The first kappa shape index (κ1) is 23.7. The molecule has 0 unspecified atom stereocenters. The van der Waals surface area contributed by atoms with Crippen LogP contribution in [0.25, 0.3) is 27.7 Å². The molecule has 0 fully saturated rings. The van der Waals surface area contributed by atoms with E-state index in [9.17, 15) is 4.79 Å². The first-order chi connectivity index (χ1) is 16.4. The van der Waals surface area contributed by atoms with E-state index < -0.39 is 0 Å². The predicted molar refractivity (Wildman–Crippen MR) is 138 cm³/mol. The molecule has 0 spiro atoms. The van der Waals surface area contributed by atoms with E-state index in [2.05, 4.69) is 5.32 Å². The van der Waals surface area contributed by atoms with Gasteiger partial charge in [0, 0.05) is 34.3 Å². The zero-order valence-corrected chi connectivity index (χ0v) is 20.5. The van der Waals surface area contributed by atoms with Crippen LogP contribution >= 0.6 is 23.2 Å². The van der Waals surface area contributed by atoms with Gasteiger partial charge in [-0.3, -0.25) is 4.79 Å². The van der Waals surface area contributed by atoms with Crippen molar-refractivity contribution >= 4 is 51.3 Å². The number of carbonyl (C=O) groups is 1. The van der Waals surface area contributed by atoms with Gasteiger partial charge in [0.1, 0.15) is 17.1 Å². The molecule has 174 valence electrons. The fourth-order valence-corrected chi connectivity index (χ4v) is 3.98. The number of hydrogen-bond acceptors (Lipinski definition) is 4. The highest BCUT2D eigenvalue weighted by Crippen LogP contribution is 2.38. The summed E-state index contributed by atoms with van der Waals surface area (Å²) in [5.74, 6) is 1.13. The molecule has 1 heterocycles. The van der Waals surface area contributed by atoms with Crippen LogP contribution in [0.2, 0.25) is 10.0 Å². The summed E-state index contributed by atoms with van der Waals surface area (Å²) in [6, 6.07) is 16.6. The van der Waals surface area contributed by atoms with Gasteiger partial charge in [-0.1, -0.05) is 35.3 Å². The molecule has 4 rings (SSSR count). The van der Waals surface area contributed by atoms with Crippen LogP contribution in [0.3, 0.4) is 0 Å². The molecular formula is C27H23Cl2NO4. The average Bonchev–Trinajstić information content (AvgIpc) is 3.24. The zero-order chi connectivity index (χ0) is 24.2. The van der Waals surface area contributed by atoms with Crippen molar-refractivity contribution in [1.82, 2.24) is 0 Å². The fourth-order valence-electron chi connectivity index (χ4n) is 3.68. The number of nitrogens with one attached hydrogen (secondary N) is 1. The number of amides is 1. The number of carbonyl (C=O) groups excluding carboxylic acids is 1. The van der Waals surface area contributed by atoms with Gasteiger partial charge < -0.3 is 19.2 Å². The van der Waals surface area contributed by atoms with Crippen LogP contribution in [0.4, 0.5) is 5.69 Å². The SMILES string of the molecule is CCOc1ccc(-c2coc3cc(OC)c(/C(C)=C/C(=O)Nc4ccc(Cl)c(Cl)c4)cc23)cc1. The second-order valence-corrected chi connectivity index (χ2v) is 8.42. The van der Waals surface area contributed by atoms with Crippen molar-refractivity contribution in [1.29, 1.82) is 0 Å². The number of furan rings is 1. The van der Waals surface area contributed by atoms with Crippen LogP contribution < -0.4 is 14.8 Å². The van der Waals surface area contributed by atoms with Gasteiger partial charge in [-0.25, -0.2) is 0 Å². The summed E-state index contributed by atoms with van der Waals surface area (Å²) in [6.45, 7) is 4.42. The summed E-state index contributed by atoms with van der Waals surface area (Å²) in [7, 11) is 1.59. The van der Waals surface area contributed by atoms with E-state index in [1.54, 1.807) is 31.6 Å². The van der Waals surface area contributed by atoms with Crippen LogP contribution in [-0.2, 0) is 4.79 Å². The number of hydrogen-bond donors (Lipinski definition) is 1. The third-order valence-electron chi connectivity index (χ3n) is 5.33. The zero-order valence-electron chi connectivity index (χ0n) is 18.9. The molecule has 34 heavy (non-hydrogen) atoms. The maximum atomic E-state index is 12.6. The Kier molecular flexibility index (Phi) is 7.15. The number of methoxy groups -OCH3 is 1. The van der Waals surface area contributed by atoms with Gasteiger partial charge in [0.05, 0.1) is 30.0 Å². The topological polar surface area (TPSA) is 60.7 Å². The average molecular weight is 496 g/mol. The molecule has 0 aliphatic heterocycles. The Bertz CT molecular complexity index is 1370. The highest BCUT2D eigenvalue weighted by Gasteiger charge is 2.15. The van der Waals surface area contributed by atoms with E-state index >= 15 is 0 Å². The Hall–Kier alpha value is -3.41. The van der Waals surface area contributed by atoms with E-state index in [-0.39, 0.29) is 5.91 Å². The van der Waals surface area contributed by atoms with Gasteiger partial charge >= 0.3 is 0 Å². The lowest BCUT2D eigenvalue weighted by atomic mass is 9.99. The minimum Gasteiger partial charge on any atom is -0.496 e. The molecule has 0 saturated carbocycles. The quantitative estimate of drug-likeness (QED) is 0.265. The second-order valence-electron chi connectivity index (χ2n) is 7.60. The van der Waals surface area contributed by atoms with Gasteiger partial charge in [0.2, 0.25) is 5.91 Å². The van der Waals surface area contributed by atoms with Crippen molar-refractivity contribution in [3.8, 4) is 22.6 Å². The summed E-state index contributed by atoms with van der Waals surface area (Å²) in [5, 5.41) is 4.51. The lowest BCUT2D eigenvalue weighted by Crippen LogP contribution is -2.08. The summed E-state index contributed by atoms with van der Waals surface area (Å²) < 4.78 is 16.9. The Morgan fingerprint density at radius 1 is 1.06 bits per heavy atom. The molecule has 0 bridgehead atoms. The minimum absolute atomic E-state index is 0.294. The molecule has 3 aromatic carbocycles. The minimum atomic E-state index is -0.294. The second kappa shape index (κ2) is 10.2. The number of fused-ring (bicyclic) bond motifs is 1. The predicted octanol–water partition coefficient (Wildman–Crippen LogP) is 7.86. The number of anilines is 1. The maximum Gasteiger partial charge on any atom is 0.248 e. The largest absolute Gasteiger partial charge is 0.496 e. The van der Waals surface area contributed by atoms with Crippen LogP contribution in [0.1, 0.15) is 19.4 Å². The van der Waals surface area contributed by atoms with Gasteiger partial charge in [-0.2, -0.15) is 0 Å². The Labute approximate surface area is 207 Å². The van der Waals surface area contributed by atoms with E-state index in [0.29, 0.717) is 33.7 Å². The molecule has 0 aliphatic rings. The molecule has 1 aromatic heterocycles. The first-order valence-electron chi connectivity index (χ1n) is 10.7. The van der Waals surface area contributed by atoms with Crippen LogP contribution in [0.15, 0.2) is 71.4 Å². The van der Waals surface area contributed by atoms with Gasteiger partial charge in [0.15, 0.2) is 0 Å². The first-order valence-corrected chi connectivity index (χ1v) is 11.4. The third kappa shape index (κ3) is 5.06. The van der Waals surface area contributed by atoms with Crippen LogP contribution in [-0.4, -0.2) is 19.6 Å². The number of ether oxygens (including phenoxy) is 2. The van der Waals surface area contributed by atoms with Crippen LogP contribution in [0, 0.1) is 0 Å². The third-order valence-corrected chi connectivity index (χ3v) is 6.07. The fraction of sp³-hybridized carbons (Fsp3) is 0.148. The van der Waals surface area contributed by atoms with E-state index in [1.165, 1.54) is 6.08 Å². The number of allylic oxidation sites excluding steroid dienone is 1. The van der Waals surface area contributed by atoms with Crippen molar-refractivity contribution in [2.75, 3.05) is 19.0 Å². The summed E-state index contributed by atoms with van der Waals surface area (Å²) in [6.07, 6.45) is 3.24. The summed E-state index contributed by atoms with van der Waals surface area (Å²) in [4.78, 5) is 12.6. The molecule has 0 radical (unpaired) electrons. The van der Waals surface area contributed by atoms with E-state index in [4.69, 9.17) is 37.1 Å². The number of halogens is 2. The summed E-state index contributed by atoms with van der Waals surface area (Å²) >= 11 is 12.0. The van der Waals surface area contributed by atoms with E-state index in [0.717, 1.165) is 33.4 Å². The molecule has 7 heteroatoms. The molecular weight excluding hydrogens is 473 g/mol. The molecule has 5 nitrogen and oxygen atoms in total. The molecule has 1 amide bonds. The lowest BCUT2D eigenvalue weighted by molar-refractivity contribution is -0.111. The van der Waals surface area contributed by atoms with E-state index in [1.807, 2.05) is 50.2 Å². The van der Waals surface area contributed by atoms with Gasteiger partial charge in [0.25, 0.3) is 0 Å². The van der Waals surface area contributed by atoms with Crippen molar-refractivity contribution in [3.63, 3.8) is 0 Å². The smallest absolute Gasteiger partial charge is 0.248 e. The van der Waals surface area contributed by atoms with Crippen LogP contribution in [0.5, 0.6) is 11.5 Å². The highest BCUT2D eigenvalue weighted by atomic mass is 35.5. The van der Waals surface area contributed by atoms with Gasteiger partial charge in [-0.05, 0) is 61.4 Å². The number of benzene rings is 3. The standard InChI is InChI=1S/C27H23Cl2NO4/c1-4-33-19-8-5-17(6-9-19)22-15-34-26-14-25(32-3)20(13-21(22)26)16(2)11-27(31)30-18-7-10-23(28)24(29)12-18/h5-15H,4H2,1-3H3,(H,30,31)/b16-11+. The van der Waals surface area contributed by atoms with Gasteiger partial charge in [-0.15, -0.1) is 0 Å². The Morgan fingerprint density at radius 2 is 1.82 bits per heavy atom. The highest BCUT2D eigenvalue weighted by molar-refractivity contribution is 6.42. The Morgan fingerprint density at radius 3 is 2.50 bits per heavy atom. The number of rotatable bonds is 7. The van der Waals surface area contributed by atoms with Crippen molar-refractivity contribution < 1.29 is 18.7 Å². The van der Waals surface area contributed by atoms with Crippen molar-refractivity contribution in [2.24, 2.45) is 0 Å². The molecule has 1 N–H and O–H groups in total. The maximum absolute atomic E-state index is 12.6. The molecule has 0 aliphatic carbocycles. The van der Waals surface area contributed by atoms with Crippen molar-refractivity contribution in [2.45, 2.75) is 13.8 Å².